The van der Waals surface area contributed by atoms with Crippen LogP contribution in [0.4, 0.5) is 0 Å². The Labute approximate surface area is 128 Å². The van der Waals surface area contributed by atoms with Crippen LogP contribution in [-0.2, 0) is 0 Å². The van der Waals surface area contributed by atoms with Crippen molar-refractivity contribution in [1.82, 2.24) is 5.32 Å². The maximum absolute atomic E-state index is 5.53. The number of ether oxygens (including phenoxy) is 1. The van der Waals surface area contributed by atoms with Crippen molar-refractivity contribution in [3.8, 4) is 5.75 Å². The van der Waals surface area contributed by atoms with Crippen molar-refractivity contribution in [3.63, 3.8) is 0 Å². The largest absolute Gasteiger partial charge is 0.494 e. The Kier molecular flexibility index (Phi) is 5.40. The fourth-order valence-electron chi connectivity index (χ4n) is 2.62. The summed E-state index contributed by atoms with van der Waals surface area (Å²) in [6.07, 6.45) is 0. The lowest BCUT2D eigenvalue weighted by Gasteiger charge is -2.22. The Morgan fingerprint density at radius 1 is 1.00 bits per heavy atom. The van der Waals surface area contributed by atoms with Crippen LogP contribution in [0.15, 0.2) is 42.5 Å². The van der Waals surface area contributed by atoms with Crippen molar-refractivity contribution in [2.75, 3.05) is 13.2 Å². The number of aryl methyl sites for hydroxylation is 1. The van der Waals surface area contributed by atoms with Gasteiger partial charge in [-0.05, 0) is 61.7 Å². The van der Waals surface area contributed by atoms with Crippen molar-refractivity contribution < 1.29 is 4.74 Å². The predicted molar refractivity (Wildman–Crippen MR) is 89.0 cm³/mol. The second-order valence-corrected chi connectivity index (χ2v) is 5.28. The highest BCUT2D eigenvalue weighted by atomic mass is 16.5. The Morgan fingerprint density at radius 2 is 1.71 bits per heavy atom. The van der Waals surface area contributed by atoms with Crippen molar-refractivity contribution in [3.05, 3.63) is 64.7 Å². The molecule has 0 heterocycles. The molecule has 1 unspecified atom stereocenters. The number of hydrogen-bond acceptors (Lipinski definition) is 2. The number of nitrogens with one attached hydrogen (secondary N) is 1. The highest BCUT2D eigenvalue weighted by Gasteiger charge is 2.15. The number of hydrogen-bond donors (Lipinski definition) is 1. The summed E-state index contributed by atoms with van der Waals surface area (Å²) in [4.78, 5) is 0. The summed E-state index contributed by atoms with van der Waals surface area (Å²) < 4.78 is 5.53. The van der Waals surface area contributed by atoms with Gasteiger partial charge in [0.15, 0.2) is 0 Å². The van der Waals surface area contributed by atoms with E-state index >= 15 is 0 Å². The predicted octanol–water partition coefficient (Wildman–Crippen LogP) is 4.40. The third-order valence-electron chi connectivity index (χ3n) is 3.89. The average Bonchev–Trinajstić information content (AvgIpc) is 2.49. The fourth-order valence-corrected chi connectivity index (χ4v) is 2.62. The van der Waals surface area contributed by atoms with Crippen LogP contribution in [0.25, 0.3) is 0 Å². The van der Waals surface area contributed by atoms with Crippen LogP contribution >= 0.6 is 0 Å². The lowest BCUT2D eigenvalue weighted by Crippen LogP contribution is -2.23. The van der Waals surface area contributed by atoms with Crippen molar-refractivity contribution in [2.45, 2.75) is 33.7 Å². The van der Waals surface area contributed by atoms with Gasteiger partial charge in [0.2, 0.25) is 0 Å². The van der Waals surface area contributed by atoms with E-state index in [-0.39, 0.29) is 6.04 Å². The van der Waals surface area contributed by atoms with Gasteiger partial charge in [-0.25, -0.2) is 0 Å². The average molecular weight is 283 g/mol. The van der Waals surface area contributed by atoms with Gasteiger partial charge in [0.05, 0.1) is 12.6 Å². The summed E-state index contributed by atoms with van der Waals surface area (Å²) in [6.45, 7) is 10.2. The normalized spacial score (nSPS) is 12.2. The van der Waals surface area contributed by atoms with Crippen LogP contribution < -0.4 is 10.1 Å². The monoisotopic (exact) mass is 283 g/mol. The molecule has 0 bridgehead atoms. The van der Waals surface area contributed by atoms with E-state index in [1.807, 2.05) is 19.1 Å². The van der Waals surface area contributed by atoms with E-state index < -0.39 is 0 Å². The first-order valence-electron chi connectivity index (χ1n) is 7.69. The minimum atomic E-state index is 0.227. The molecule has 2 aromatic carbocycles. The van der Waals surface area contributed by atoms with Crippen molar-refractivity contribution in [2.24, 2.45) is 0 Å². The molecule has 0 saturated carbocycles. The zero-order chi connectivity index (χ0) is 15.2. The van der Waals surface area contributed by atoms with Crippen LogP contribution in [0.1, 0.15) is 42.1 Å². The molecule has 2 nitrogen and oxygen atoms in total. The number of benzene rings is 2. The lowest BCUT2D eigenvalue weighted by molar-refractivity contribution is 0.340. The maximum atomic E-state index is 5.53. The molecular weight excluding hydrogens is 258 g/mol. The molecule has 1 atom stereocenters. The quantitative estimate of drug-likeness (QED) is 0.848. The van der Waals surface area contributed by atoms with Crippen LogP contribution in [0.3, 0.4) is 0 Å². The minimum absolute atomic E-state index is 0.227. The first kappa shape index (κ1) is 15.6. The Hall–Kier alpha value is -1.80. The highest BCUT2D eigenvalue weighted by molar-refractivity contribution is 5.41. The zero-order valence-corrected chi connectivity index (χ0v) is 13.4. The van der Waals surface area contributed by atoms with Gasteiger partial charge in [0.1, 0.15) is 5.75 Å². The van der Waals surface area contributed by atoms with E-state index in [0.29, 0.717) is 6.61 Å². The van der Waals surface area contributed by atoms with Gasteiger partial charge < -0.3 is 10.1 Å². The highest BCUT2D eigenvalue weighted by Crippen LogP contribution is 2.27. The van der Waals surface area contributed by atoms with Gasteiger partial charge in [0.25, 0.3) is 0 Å². The van der Waals surface area contributed by atoms with Gasteiger partial charge in [-0.2, -0.15) is 0 Å². The molecule has 2 heteroatoms. The summed E-state index contributed by atoms with van der Waals surface area (Å²) in [7, 11) is 0. The standard InChI is InChI=1S/C19H25NO/c1-5-20-19(18-9-7-8-14(3)15(18)4)16-10-12-17(13-11-16)21-6-2/h7-13,19-20H,5-6H2,1-4H3. The molecule has 21 heavy (non-hydrogen) atoms. The van der Waals surface area contributed by atoms with Gasteiger partial charge in [-0.3, -0.25) is 0 Å². The molecule has 0 amide bonds. The third kappa shape index (κ3) is 3.64. The van der Waals surface area contributed by atoms with E-state index in [1.165, 1.54) is 22.3 Å². The van der Waals surface area contributed by atoms with Crippen molar-refractivity contribution in [1.29, 1.82) is 0 Å². The van der Waals surface area contributed by atoms with Crippen LogP contribution in [0, 0.1) is 13.8 Å². The van der Waals surface area contributed by atoms with E-state index in [4.69, 9.17) is 4.74 Å². The molecule has 2 rings (SSSR count). The van der Waals surface area contributed by atoms with E-state index in [2.05, 4.69) is 56.4 Å². The van der Waals surface area contributed by atoms with E-state index in [0.717, 1.165) is 12.3 Å². The van der Waals surface area contributed by atoms with Crippen LogP contribution in [-0.4, -0.2) is 13.2 Å². The lowest BCUT2D eigenvalue weighted by atomic mass is 9.92. The molecule has 2 aromatic rings. The number of rotatable bonds is 6. The summed E-state index contributed by atoms with van der Waals surface area (Å²) in [6, 6.07) is 15.1. The summed E-state index contributed by atoms with van der Waals surface area (Å²) in [5, 5.41) is 3.59. The SMILES string of the molecule is CCNC(c1ccc(OCC)cc1)c1cccc(C)c1C. The Morgan fingerprint density at radius 3 is 2.33 bits per heavy atom. The van der Waals surface area contributed by atoms with E-state index in [9.17, 15) is 0 Å². The molecule has 0 fully saturated rings. The molecule has 0 aliphatic heterocycles. The van der Waals surface area contributed by atoms with Crippen LogP contribution in [0.5, 0.6) is 5.75 Å². The summed E-state index contributed by atoms with van der Waals surface area (Å²) >= 11 is 0. The molecule has 0 radical (unpaired) electrons. The Balaban J connectivity index is 2.36. The first-order valence-corrected chi connectivity index (χ1v) is 7.69. The second kappa shape index (κ2) is 7.28. The first-order chi connectivity index (χ1) is 10.2. The minimum Gasteiger partial charge on any atom is -0.494 e. The molecular formula is C19H25NO. The van der Waals surface area contributed by atoms with Crippen LogP contribution in [0.2, 0.25) is 0 Å². The van der Waals surface area contributed by atoms with Gasteiger partial charge in [0, 0.05) is 0 Å². The Bertz CT molecular complexity index is 575. The molecule has 1 N–H and O–H groups in total. The summed E-state index contributed by atoms with van der Waals surface area (Å²) in [5.74, 6) is 0.928. The topological polar surface area (TPSA) is 21.3 Å². The smallest absolute Gasteiger partial charge is 0.119 e. The third-order valence-corrected chi connectivity index (χ3v) is 3.89. The molecule has 112 valence electrons. The molecule has 0 aliphatic carbocycles. The second-order valence-electron chi connectivity index (χ2n) is 5.28. The van der Waals surface area contributed by atoms with Crippen molar-refractivity contribution >= 4 is 0 Å². The summed E-state index contributed by atoms with van der Waals surface area (Å²) in [5.41, 5.74) is 5.31. The fraction of sp³-hybridized carbons (Fsp3) is 0.368. The van der Waals surface area contributed by atoms with E-state index in [1.54, 1.807) is 0 Å². The maximum Gasteiger partial charge on any atom is 0.119 e. The molecule has 0 aromatic heterocycles. The van der Waals surface area contributed by atoms with Gasteiger partial charge >= 0.3 is 0 Å². The molecule has 0 saturated heterocycles. The molecule has 0 spiro atoms. The van der Waals surface area contributed by atoms with Gasteiger partial charge in [-0.1, -0.05) is 37.3 Å². The zero-order valence-electron chi connectivity index (χ0n) is 13.4. The molecule has 0 aliphatic rings. The van der Waals surface area contributed by atoms with Gasteiger partial charge in [-0.15, -0.1) is 0 Å².